The molecule has 0 aromatic heterocycles. The Balaban J connectivity index is 1.84. The van der Waals surface area contributed by atoms with Gasteiger partial charge in [-0.3, -0.25) is 4.79 Å². The molecule has 3 heteroatoms. The Morgan fingerprint density at radius 3 is 2.47 bits per heavy atom. The van der Waals surface area contributed by atoms with E-state index in [-0.39, 0.29) is 5.78 Å². The molecule has 0 unspecified atom stereocenters. The Morgan fingerprint density at radius 1 is 1.05 bits per heavy atom. The Morgan fingerprint density at radius 2 is 1.79 bits per heavy atom. The van der Waals surface area contributed by atoms with Gasteiger partial charge in [0.25, 0.3) is 0 Å². The molecule has 19 heavy (non-hydrogen) atoms. The molecule has 0 atom stereocenters. The van der Waals surface area contributed by atoms with Gasteiger partial charge in [0.2, 0.25) is 0 Å². The van der Waals surface area contributed by atoms with Gasteiger partial charge in [0.1, 0.15) is 5.75 Å². The number of halogens is 1. The molecule has 0 N–H and O–H groups in total. The van der Waals surface area contributed by atoms with Gasteiger partial charge in [0.05, 0.1) is 6.10 Å². The first-order valence-corrected chi connectivity index (χ1v) is 6.67. The second kappa shape index (κ2) is 5.06. The number of carbonyl (C=O) groups is 1. The lowest BCUT2D eigenvalue weighted by molar-refractivity contribution is 0.103. The molecule has 0 spiro atoms. The normalized spacial score (nSPS) is 14.2. The number of benzene rings is 2. The lowest BCUT2D eigenvalue weighted by Gasteiger charge is -2.06. The Labute approximate surface area is 117 Å². The molecule has 0 amide bonds. The van der Waals surface area contributed by atoms with Crippen molar-refractivity contribution >= 4 is 17.4 Å². The summed E-state index contributed by atoms with van der Waals surface area (Å²) in [6.45, 7) is 0. The Kier molecular flexibility index (Phi) is 3.26. The molecule has 2 aromatic carbocycles. The number of hydrogen-bond donors (Lipinski definition) is 0. The molecule has 0 heterocycles. The third kappa shape index (κ3) is 2.96. The van der Waals surface area contributed by atoms with Crippen LogP contribution in [0.3, 0.4) is 0 Å². The van der Waals surface area contributed by atoms with E-state index in [1.165, 1.54) is 0 Å². The third-order valence-corrected chi connectivity index (χ3v) is 3.28. The van der Waals surface area contributed by atoms with Crippen LogP contribution in [0.2, 0.25) is 5.02 Å². The van der Waals surface area contributed by atoms with Crippen molar-refractivity contribution in [3.05, 3.63) is 64.7 Å². The summed E-state index contributed by atoms with van der Waals surface area (Å²) in [6, 6.07) is 14.3. The van der Waals surface area contributed by atoms with E-state index in [0.29, 0.717) is 22.3 Å². The highest BCUT2D eigenvalue weighted by atomic mass is 35.5. The summed E-state index contributed by atoms with van der Waals surface area (Å²) < 4.78 is 5.70. The second-order valence-electron chi connectivity index (χ2n) is 4.68. The van der Waals surface area contributed by atoms with Crippen LogP contribution >= 0.6 is 11.6 Å². The van der Waals surface area contributed by atoms with E-state index in [0.717, 1.165) is 18.6 Å². The van der Waals surface area contributed by atoms with E-state index in [1.807, 2.05) is 12.1 Å². The van der Waals surface area contributed by atoms with Crippen LogP contribution in [0, 0.1) is 0 Å². The fraction of sp³-hybridized carbons (Fsp3) is 0.188. The molecular formula is C16H13ClO2. The SMILES string of the molecule is O=C(c1ccc(Cl)cc1)c1cccc(OC2CC2)c1. The van der Waals surface area contributed by atoms with Crippen LogP contribution in [0.15, 0.2) is 48.5 Å². The standard InChI is InChI=1S/C16H13ClO2/c17-13-6-4-11(5-7-13)16(18)12-2-1-3-15(10-12)19-14-8-9-14/h1-7,10,14H,8-9H2. The molecule has 1 saturated carbocycles. The van der Waals surface area contributed by atoms with E-state index in [4.69, 9.17) is 16.3 Å². The maximum absolute atomic E-state index is 12.3. The maximum atomic E-state index is 12.3. The number of ether oxygens (including phenoxy) is 1. The highest BCUT2D eigenvalue weighted by Crippen LogP contribution is 2.27. The van der Waals surface area contributed by atoms with Gasteiger partial charge >= 0.3 is 0 Å². The predicted octanol–water partition coefficient (Wildman–Crippen LogP) is 4.11. The summed E-state index contributed by atoms with van der Waals surface area (Å²) in [5, 5.41) is 0.627. The fourth-order valence-electron chi connectivity index (χ4n) is 1.86. The Hall–Kier alpha value is -1.80. The molecule has 1 aliphatic carbocycles. The summed E-state index contributed by atoms with van der Waals surface area (Å²) in [5.74, 6) is 0.750. The van der Waals surface area contributed by atoms with Crippen molar-refractivity contribution in [3.63, 3.8) is 0 Å². The van der Waals surface area contributed by atoms with Gasteiger partial charge < -0.3 is 4.74 Å². The second-order valence-corrected chi connectivity index (χ2v) is 5.12. The predicted molar refractivity (Wildman–Crippen MR) is 75.0 cm³/mol. The molecule has 1 aliphatic rings. The van der Waals surface area contributed by atoms with Gasteiger partial charge in [-0.05, 0) is 49.2 Å². The molecule has 1 fully saturated rings. The molecule has 0 bridgehead atoms. The van der Waals surface area contributed by atoms with Crippen LogP contribution in [-0.2, 0) is 0 Å². The van der Waals surface area contributed by atoms with Crippen molar-refractivity contribution in [2.75, 3.05) is 0 Å². The average molecular weight is 273 g/mol. The van der Waals surface area contributed by atoms with Gasteiger partial charge in [-0.2, -0.15) is 0 Å². The van der Waals surface area contributed by atoms with Crippen molar-refractivity contribution in [1.29, 1.82) is 0 Å². The smallest absolute Gasteiger partial charge is 0.193 e. The zero-order valence-corrected chi connectivity index (χ0v) is 11.1. The van der Waals surface area contributed by atoms with Crippen molar-refractivity contribution in [2.45, 2.75) is 18.9 Å². The fourth-order valence-corrected chi connectivity index (χ4v) is 1.98. The van der Waals surface area contributed by atoms with Gasteiger partial charge in [-0.25, -0.2) is 0 Å². The van der Waals surface area contributed by atoms with Crippen molar-refractivity contribution in [2.24, 2.45) is 0 Å². The quantitative estimate of drug-likeness (QED) is 0.783. The zero-order valence-electron chi connectivity index (χ0n) is 10.3. The molecule has 0 radical (unpaired) electrons. The van der Waals surface area contributed by atoms with E-state index < -0.39 is 0 Å². The minimum atomic E-state index is -0.0158. The molecule has 3 rings (SSSR count). The summed E-state index contributed by atoms with van der Waals surface area (Å²) >= 11 is 5.82. The van der Waals surface area contributed by atoms with Gasteiger partial charge in [0, 0.05) is 16.1 Å². The van der Waals surface area contributed by atoms with E-state index >= 15 is 0 Å². The van der Waals surface area contributed by atoms with Crippen LogP contribution in [0.5, 0.6) is 5.75 Å². The van der Waals surface area contributed by atoms with Crippen molar-refractivity contribution in [1.82, 2.24) is 0 Å². The number of ketones is 1. The highest BCUT2D eigenvalue weighted by Gasteiger charge is 2.23. The zero-order chi connectivity index (χ0) is 13.2. The first-order valence-electron chi connectivity index (χ1n) is 6.29. The van der Waals surface area contributed by atoms with Crippen LogP contribution in [0.1, 0.15) is 28.8 Å². The molecule has 2 aromatic rings. The van der Waals surface area contributed by atoms with Crippen molar-refractivity contribution in [3.8, 4) is 5.75 Å². The van der Waals surface area contributed by atoms with Crippen LogP contribution < -0.4 is 4.74 Å². The van der Waals surface area contributed by atoms with E-state index in [2.05, 4.69) is 0 Å². The monoisotopic (exact) mass is 272 g/mol. The molecule has 0 aliphatic heterocycles. The summed E-state index contributed by atoms with van der Waals surface area (Å²) in [4.78, 5) is 12.3. The minimum Gasteiger partial charge on any atom is -0.490 e. The summed E-state index contributed by atoms with van der Waals surface area (Å²) in [5.41, 5.74) is 1.27. The van der Waals surface area contributed by atoms with Crippen LogP contribution in [-0.4, -0.2) is 11.9 Å². The minimum absolute atomic E-state index is 0.0158. The highest BCUT2D eigenvalue weighted by molar-refractivity contribution is 6.30. The first-order chi connectivity index (χ1) is 9.22. The van der Waals surface area contributed by atoms with Gasteiger partial charge in [-0.15, -0.1) is 0 Å². The lowest BCUT2D eigenvalue weighted by Crippen LogP contribution is -2.02. The van der Waals surface area contributed by atoms with Gasteiger partial charge in [-0.1, -0.05) is 23.7 Å². The average Bonchev–Trinajstić information content (AvgIpc) is 3.23. The third-order valence-electron chi connectivity index (χ3n) is 3.03. The first kappa shape index (κ1) is 12.2. The van der Waals surface area contributed by atoms with Crippen molar-refractivity contribution < 1.29 is 9.53 Å². The summed E-state index contributed by atoms with van der Waals surface area (Å²) in [6.07, 6.45) is 2.55. The molecular weight excluding hydrogens is 260 g/mol. The van der Waals surface area contributed by atoms with Crippen LogP contribution in [0.4, 0.5) is 0 Å². The maximum Gasteiger partial charge on any atom is 0.193 e. The topological polar surface area (TPSA) is 26.3 Å². The lowest BCUT2D eigenvalue weighted by atomic mass is 10.0. The Bertz CT molecular complexity index is 600. The number of hydrogen-bond acceptors (Lipinski definition) is 2. The molecule has 0 saturated heterocycles. The van der Waals surface area contributed by atoms with Gasteiger partial charge in [0.15, 0.2) is 5.78 Å². The molecule has 2 nitrogen and oxygen atoms in total. The van der Waals surface area contributed by atoms with E-state index in [9.17, 15) is 4.79 Å². The molecule has 96 valence electrons. The number of rotatable bonds is 4. The number of carbonyl (C=O) groups excluding carboxylic acids is 1. The summed E-state index contributed by atoms with van der Waals surface area (Å²) in [7, 11) is 0. The van der Waals surface area contributed by atoms with E-state index in [1.54, 1.807) is 36.4 Å². The van der Waals surface area contributed by atoms with Crippen LogP contribution in [0.25, 0.3) is 0 Å². The largest absolute Gasteiger partial charge is 0.490 e.